The lowest BCUT2D eigenvalue weighted by molar-refractivity contribution is -0.384. The van der Waals surface area contributed by atoms with Gasteiger partial charge in [0.1, 0.15) is 11.6 Å². The van der Waals surface area contributed by atoms with Crippen molar-refractivity contribution in [3.8, 4) is 0 Å². The van der Waals surface area contributed by atoms with Crippen LogP contribution in [0, 0.1) is 16.0 Å². The number of nitro groups is 1. The van der Waals surface area contributed by atoms with Crippen LogP contribution in [0.2, 0.25) is 0 Å². The van der Waals surface area contributed by atoms with Crippen LogP contribution >= 0.6 is 0 Å². The molecule has 98 valence electrons. The van der Waals surface area contributed by atoms with Gasteiger partial charge in [0.2, 0.25) is 0 Å². The summed E-state index contributed by atoms with van der Waals surface area (Å²) in [5, 5.41) is 13.8. The van der Waals surface area contributed by atoms with Gasteiger partial charge in [-0.15, -0.1) is 0 Å². The summed E-state index contributed by atoms with van der Waals surface area (Å²) in [7, 11) is 1.72. The molecule has 2 rings (SSSR count). The summed E-state index contributed by atoms with van der Waals surface area (Å²) in [4.78, 5) is 17.1. The molecule has 0 aromatic carbocycles. The molecule has 1 saturated heterocycles. The van der Waals surface area contributed by atoms with E-state index in [2.05, 4.69) is 22.1 Å². The van der Waals surface area contributed by atoms with Gasteiger partial charge in [0.25, 0.3) is 5.69 Å². The van der Waals surface area contributed by atoms with Crippen LogP contribution in [0.5, 0.6) is 0 Å². The lowest BCUT2D eigenvalue weighted by Gasteiger charge is -2.31. The van der Waals surface area contributed by atoms with Gasteiger partial charge in [-0.2, -0.15) is 0 Å². The fraction of sp³-hybridized carbons (Fsp3) is 0.583. The van der Waals surface area contributed by atoms with Crippen LogP contribution in [0.3, 0.4) is 0 Å². The predicted molar refractivity (Wildman–Crippen MR) is 71.0 cm³/mol. The number of nitrogens with zero attached hydrogens (tertiary/aromatic N) is 3. The van der Waals surface area contributed by atoms with Gasteiger partial charge in [-0.05, 0) is 18.8 Å². The van der Waals surface area contributed by atoms with Crippen molar-refractivity contribution in [2.75, 3.05) is 30.4 Å². The molecule has 18 heavy (non-hydrogen) atoms. The number of anilines is 2. The molecule has 1 aromatic heterocycles. The van der Waals surface area contributed by atoms with Crippen molar-refractivity contribution in [3.63, 3.8) is 0 Å². The number of rotatable bonds is 3. The number of nitrogens with one attached hydrogen (secondary N) is 1. The lowest BCUT2D eigenvalue weighted by Crippen LogP contribution is -2.34. The van der Waals surface area contributed by atoms with E-state index in [0.29, 0.717) is 17.6 Å². The fourth-order valence-electron chi connectivity index (χ4n) is 2.29. The lowest BCUT2D eigenvalue weighted by atomic mass is 10.0. The van der Waals surface area contributed by atoms with E-state index in [1.807, 2.05) is 0 Å². The molecule has 0 saturated carbocycles. The monoisotopic (exact) mass is 250 g/mol. The number of piperidine rings is 1. The molecule has 0 amide bonds. The molecule has 1 atom stereocenters. The van der Waals surface area contributed by atoms with E-state index in [0.717, 1.165) is 19.5 Å². The summed E-state index contributed by atoms with van der Waals surface area (Å²) in [6, 6.07) is 3.01. The third-order valence-electron chi connectivity index (χ3n) is 3.24. The van der Waals surface area contributed by atoms with E-state index in [-0.39, 0.29) is 10.6 Å². The summed E-state index contributed by atoms with van der Waals surface area (Å²) in [5.41, 5.74) is 0.0857. The Kier molecular flexibility index (Phi) is 3.64. The van der Waals surface area contributed by atoms with Gasteiger partial charge in [0.05, 0.1) is 17.1 Å². The number of pyridine rings is 1. The third-order valence-corrected chi connectivity index (χ3v) is 3.24. The van der Waals surface area contributed by atoms with Crippen molar-refractivity contribution >= 4 is 17.3 Å². The van der Waals surface area contributed by atoms with Crippen LogP contribution in [-0.2, 0) is 0 Å². The smallest absolute Gasteiger partial charge is 0.276 e. The summed E-state index contributed by atoms with van der Waals surface area (Å²) >= 11 is 0. The van der Waals surface area contributed by atoms with Gasteiger partial charge in [0.15, 0.2) is 0 Å². The minimum absolute atomic E-state index is 0.0857. The molecule has 6 heteroatoms. The Morgan fingerprint density at radius 1 is 1.56 bits per heavy atom. The van der Waals surface area contributed by atoms with E-state index in [4.69, 9.17) is 0 Å². The van der Waals surface area contributed by atoms with Crippen molar-refractivity contribution in [2.45, 2.75) is 19.8 Å². The highest BCUT2D eigenvalue weighted by molar-refractivity contribution is 5.55. The first-order valence-corrected chi connectivity index (χ1v) is 6.19. The Morgan fingerprint density at radius 2 is 2.33 bits per heavy atom. The first-order valence-electron chi connectivity index (χ1n) is 6.19. The Morgan fingerprint density at radius 3 is 2.94 bits per heavy atom. The number of hydrogen-bond acceptors (Lipinski definition) is 5. The molecule has 1 unspecified atom stereocenters. The standard InChI is InChI=1S/C12H18N4O2/c1-9-4-3-5-15(8-9)12-7-10(16(17)18)6-11(13-2)14-12/h6-7,9H,3-5,8H2,1-2H3,(H,13,14). The molecule has 1 aliphatic rings. The Hall–Kier alpha value is -1.85. The zero-order valence-corrected chi connectivity index (χ0v) is 10.7. The Balaban J connectivity index is 2.31. The molecular formula is C12H18N4O2. The Bertz CT molecular complexity index is 450. The second-order valence-corrected chi connectivity index (χ2v) is 4.77. The van der Waals surface area contributed by atoms with E-state index in [1.165, 1.54) is 12.5 Å². The third kappa shape index (κ3) is 2.69. The fourth-order valence-corrected chi connectivity index (χ4v) is 2.29. The maximum Gasteiger partial charge on any atom is 0.276 e. The summed E-state index contributed by atoms with van der Waals surface area (Å²) in [5.74, 6) is 1.84. The molecule has 0 aliphatic carbocycles. The topological polar surface area (TPSA) is 71.3 Å². The van der Waals surface area contributed by atoms with Gasteiger partial charge in [0, 0.05) is 20.1 Å². The highest BCUT2D eigenvalue weighted by Gasteiger charge is 2.20. The summed E-state index contributed by atoms with van der Waals surface area (Å²) < 4.78 is 0. The zero-order chi connectivity index (χ0) is 13.1. The van der Waals surface area contributed by atoms with Crippen LogP contribution < -0.4 is 10.2 Å². The second-order valence-electron chi connectivity index (χ2n) is 4.77. The van der Waals surface area contributed by atoms with Gasteiger partial charge in [-0.1, -0.05) is 6.92 Å². The zero-order valence-electron chi connectivity index (χ0n) is 10.7. The van der Waals surface area contributed by atoms with Crippen molar-refractivity contribution in [1.29, 1.82) is 0 Å². The molecule has 1 aliphatic heterocycles. The average molecular weight is 250 g/mol. The molecule has 1 N–H and O–H groups in total. The highest BCUT2D eigenvalue weighted by Crippen LogP contribution is 2.26. The normalized spacial score (nSPS) is 19.7. The van der Waals surface area contributed by atoms with Crippen molar-refractivity contribution in [3.05, 3.63) is 22.2 Å². The van der Waals surface area contributed by atoms with Gasteiger partial charge in [-0.3, -0.25) is 10.1 Å². The molecule has 1 fully saturated rings. The number of hydrogen-bond donors (Lipinski definition) is 1. The van der Waals surface area contributed by atoms with E-state index >= 15 is 0 Å². The highest BCUT2D eigenvalue weighted by atomic mass is 16.6. The minimum atomic E-state index is -0.376. The van der Waals surface area contributed by atoms with Gasteiger partial charge >= 0.3 is 0 Å². The van der Waals surface area contributed by atoms with Crippen LogP contribution in [0.1, 0.15) is 19.8 Å². The minimum Gasteiger partial charge on any atom is -0.373 e. The largest absolute Gasteiger partial charge is 0.373 e. The first kappa shape index (κ1) is 12.6. The van der Waals surface area contributed by atoms with Gasteiger partial charge in [-0.25, -0.2) is 4.98 Å². The van der Waals surface area contributed by atoms with Crippen molar-refractivity contribution in [2.24, 2.45) is 5.92 Å². The van der Waals surface area contributed by atoms with Crippen LogP contribution in [0.4, 0.5) is 17.3 Å². The second kappa shape index (κ2) is 5.20. The van der Waals surface area contributed by atoms with Gasteiger partial charge < -0.3 is 10.2 Å². The molecular weight excluding hydrogens is 232 g/mol. The maximum absolute atomic E-state index is 10.9. The quantitative estimate of drug-likeness (QED) is 0.658. The van der Waals surface area contributed by atoms with E-state index in [9.17, 15) is 10.1 Å². The van der Waals surface area contributed by atoms with Crippen molar-refractivity contribution in [1.82, 2.24) is 4.98 Å². The SMILES string of the molecule is CNc1cc([N+](=O)[O-])cc(N2CCCC(C)C2)n1. The molecule has 0 bridgehead atoms. The first-order chi connectivity index (χ1) is 8.60. The van der Waals surface area contributed by atoms with E-state index < -0.39 is 0 Å². The molecule has 2 heterocycles. The predicted octanol–water partition coefficient (Wildman–Crippen LogP) is 2.27. The molecule has 6 nitrogen and oxygen atoms in total. The average Bonchev–Trinajstić information content (AvgIpc) is 2.38. The van der Waals surface area contributed by atoms with E-state index in [1.54, 1.807) is 13.1 Å². The van der Waals surface area contributed by atoms with Crippen LogP contribution in [0.15, 0.2) is 12.1 Å². The van der Waals surface area contributed by atoms with Crippen LogP contribution in [0.25, 0.3) is 0 Å². The Labute approximate surface area is 106 Å². The maximum atomic E-state index is 10.9. The molecule has 0 radical (unpaired) electrons. The van der Waals surface area contributed by atoms with Crippen LogP contribution in [-0.4, -0.2) is 30.0 Å². The number of aromatic nitrogens is 1. The molecule has 0 spiro atoms. The summed E-state index contributed by atoms with van der Waals surface area (Å²) in [6.07, 6.45) is 2.32. The molecule has 1 aromatic rings. The van der Waals surface area contributed by atoms with Crippen molar-refractivity contribution < 1.29 is 4.92 Å². The summed E-state index contributed by atoms with van der Waals surface area (Å²) in [6.45, 7) is 4.03.